The quantitative estimate of drug-likeness (QED) is 0.883. The molecule has 0 saturated carbocycles. The minimum Gasteiger partial charge on any atom is -0.328 e. The highest BCUT2D eigenvalue weighted by molar-refractivity contribution is 5.36. The van der Waals surface area contributed by atoms with E-state index in [9.17, 15) is 4.39 Å². The Labute approximate surface area is 100 Å². The highest BCUT2D eigenvalue weighted by Crippen LogP contribution is 2.15. The van der Waals surface area contributed by atoms with Gasteiger partial charge in [-0.25, -0.2) is 9.07 Å². The fraction of sp³-hybridized carbons (Fsp3) is 0.308. The minimum atomic E-state index is -0.272. The van der Waals surface area contributed by atoms with E-state index in [4.69, 9.17) is 5.73 Å². The summed E-state index contributed by atoms with van der Waals surface area (Å²) in [7, 11) is 0. The second-order valence-electron chi connectivity index (χ2n) is 4.37. The molecule has 0 spiro atoms. The standard InChI is InChI=1S/C13H16FN3/c1-9(15)7-11-3-4-13(12(14)8-11)17-6-5-10(2)16-17/h3-6,8-9H,7,15H2,1-2H3. The van der Waals surface area contributed by atoms with Crippen LogP contribution in [0, 0.1) is 12.7 Å². The zero-order valence-corrected chi connectivity index (χ0v) is 10.0. The normalized spacial score (nSPS) is 12.7. The monoisotopic (exact) mass is 233 g/mol. The van der Waals surface area contributed by atoms with Crippen LogP contribution in [0.25, 0.3) is 5.69 Å². The van der Waals surface area contributed by atoms with Gasteiger partial charge in [-0.15, -0.1) is 0 Å². The van der Waals surface area contributed by atoms with Crippen LogP contribution < -0.4 is 5.73 Å². The van der Waals surface area contributed by atoms with Crippen molar-refractivity contribution < 1.29 is 4.39 Å². The molecule has 0 saturated heterocycles. The molecule has 2 aromatic rings. The first kappa shape index (κ1) is 11.8. The molecule has 3 nitrogen and oxygen atoms in total. The Morgan fingerprint density at radius 1 is 1.41 bits per heavy atom. The van der Waals surface area contributed by atoms with Crippen LogP contribution in [0.5, 0.6) is 0 Å². The summed E-state index contributed by atoms with van der Waals surface area (Å²) in [5.74, 6) is -0.272. The third kappa shape index (κ3) is 2.71. The third-order valence-corrected chi connectivity index (χ3v) is 2.54. The molecule has 0 radical (unpaired) electrons. The number of benzene rings is 1. The predicted octanol–water partition coefficient (Wildman–Crippen LogP) is 2.21. The Morgan fingerprint density at radius 3 is 2.71 bits per heavy atom. The molecule has 0 fully saturated rings. The molecule has 0 aliphatic carbocycles. The predicted molar refractivity (Wildman–Crippen MR) is 65.6 cm³/mol. The second-order valence-corrected chi connectivity index (χ2v) is 4.37. The number of hydrogen-bond donors (Lipinski definition) is 1. The maximum Gasteiger partial charge on any atom is 0.149 e. The van der Waals surface area contributed by atoms with Crippen LogP contribution in [0.4, 0.5) is 4.39 Å². The summed E-state index contributed by atoms with van der Waals surface area (Å²) in [4.78, 5) is 0. The summed E-state index contributed by atoms with van der Waals surface area (Å²) in [5.41, 5.74) is 7.92. The minimum absolute atomic E-state index is 0.0344. The van der Waals surface area contributed by atoms with E-state index in [0.29, 0.717) is 12.1 Å². The van der Waals surface area contributed by atoms with Crippen molar-refractivity contribution in [2.75, 3.05) is 0 Å². The molecule has 1 atom stereocenters. The van der Waals surface area contributed by atoms with Gasteiger partial charge in [0.15, 0.2) is 0 Å². The number of hydrogen-bond acceptors (Lipinski definition) is 2. The van der Waals surface area contributed by atoms with Gasteiger partial charge in [0.25, 0.3) is 0 Å². The van der Waals surface area contributed by atoms with E-state index in [0.717, 1.165) is 11.3 Å². The SMILES string of the molecule is Cc1ccn(-c2ccc(CC(C)N)cc2F)n1. The fourth-order valence-electron chi connectivity index (χ4n) is 1.78. The van der Waals surface area contributed by atoms with Crippen molar-refractivity contribution in [2.45, 2.75) is 26.3 Å². The van der Waals surface area contributed by atoms with Crippen LogP contribution in [0.15, 0.2) is 30.5 Å². The Hall–Kier alpha value is -1.68. The van der Waals surface area contributed by atoms with Crippen molar-refractivity contribution in [3.63, 3.8) is 0 Å². The molecule has 0 aliphatic rings. The average Bonchev–Trinajstić information content (AvgIpc) is 2.64. The van der Waals surface area contributed by atoms with Crippen LogP contribution in [-0.4, -0.2) is 15.8 Å². The summed E-state index contributed by atoms with van der Waals surface area (Å²) in [6.07, 6.45) is 2.42. The lowest BCUT2D eigenvalue weighted by Crippen LogP contribution is -2.17. The first-order chi connectivity index (χ1) is 8.06. The molecule has 2 rings (SSSR count). The van der Waals surface area contributed by atoms with Crippen molar-refractivity contribution in [2.24, 2.45) is 5.73 Å². The Bertz CT molecular complexity index is 517. The van der Waals surface area contributed by atoms with E-state index in [1.807, 2.05) is 26.0 Å². The largest absolute Gasteiger partial charge is 0.328 e. The van der Waals surface area contributed by atoms with E-state index in [1.165, 1.54) is 6.07 Å². The molecule has 90 valence electrons. The number of nitrogens with two attached hydrogens (primary N) is 1. The van der Waals surface area contributed by atoms with Gasteiger partial charge in [0, 0.05) is 12.2 Å². The summed E-state index contributed by atoms with van der Waals surface area (Å²) in [6.45, 7) is 3.78. The summed E-state index contributed by atoms with van der Waals surface area (Å²) in [5, 5.41) is 4.18. The molecule has 0 aliphatic heterocycles. The van der Waals surface area contributed by atoms with Crippen molar-refractivity contribution in [3.8, 4) is 5.69 Å². The summed E-state index contributed by atoms with van der Waals surface area (Å²) < 4.78 is 15.4. The number of aromatic nitrogens is 2. The first-order valence-electron chi connectivity index (χ1n) is 5.63. The Morgan fingerprint density at radius 2 is 2.18 bits per heavy atom. The van der Waals surface area contributed by atoms with Gasteiger partial charge in [-0.05, 0) is 44.0 Å². The van der Waals surface area contributed by atoms with Crippen LogP contribution in [-0.2, 0) is 6.42 Å². The number of rotatable bonds is 3. The van der Waals surface area contributed by atoms with E-state index in [2.05, 4.69) is 5.10 Å². The van der Waals surface area contributed by atoms with Crippen LogP contribution in [0.2, 0.25) is 0 Å². The van der Waals surface area contributed by atoms with Gasteiger partial charge in [0.2, 0.25) is 0 Å². The maximum atomic E-state index is 13.9. The van der Waals surface area contributed by atoms with Crippen molar-refractivity contribution in [1.29, 1.82) is 0 Å². The lowest BCUT2D eigenvalue weighted by atomic mass is 10.1. The van der Waals surface area contributed by atoms with E-state index >= 15 is 0 Å². The Balaban J connectivity index is 2.31. The van der Waals surface area contributed by atoms with Crippen molar-refractivity contribution >= 4 is 0 Å². The molecule has 0 bridgehead atoms. The van der Waals surface area contributed by atoms with Crippen molar-refractivity contribution in [3.05, 3.63) is 47.5 Å². The molecule has 1 heterocycles. The van der Waals surface area contributed by atoms with Crippen LogP contribution in [0.3, 0.4) is 0 Å². The zero-order valence-electron chi connectivity index (χ0n) is 10.0. The summed E-state index contributed by atoms with van der Waals surface area (Å²) in [6, 6.07) is 7.02. The average molecular weight is 233 g/mol. The number of aryl methyl sites for hydroxylation is 1. The number of halogens is 1. The van der Waals surface area contributed by atoms with E-state index in [1.54, 1.807) is 16.9 Å². The molecular weight excluding hydrogens is 217 g/mol. The van der Waals surface area contributed by atoms with Gasteiger partial charge in [0.05, 0.1) is 5.69 Å². The maximum absolute atomic E-state index is 13.9. The Kier molecular flexibility index (Phi) is 3.24. The molecular formula is C13H16FN3. The fourth-order valence-corrected chi connectivity index (χ4v) is 1.78. The van der Waals surface area contributed by atoms with Gasteiger partial charge < -0.3 is 5.73 Å². The van der Waals surface area contributed by atoms with E-state index < -0.39 is 0 Å². The van der Waals surface area contributed by atoms with Crippen molar-refractivity contribution in [1.82, 2.24) is 9.78 Å². The zero-order chi connectivity index (χ0) is 12.4. The summed E-state index contributed by atoms with van der Waals surface area (Å²) >= 11 is 0. The highest BCUT2D eigenvalue weighted by Gasteiger charge is 2.07. The van der Waals surface area contributed by atoms with Gasteiger partial charge in [0.1, 0.15) is 11.5 Å². The molecule has 2 N–H and O–H groups in total. The van der Waals surface area contributed by atoms with E-state index in [-0.39, 0.29) is 11.9 Å². The molecule has 1 aromatic carbocycles. The second kappa shape index (κ2) is 4.67. The number of nitrogens with zero attached hydrogens (tertiary/aromatic N) is 2. The molecule has 1 aromatic heterocycles. The molecule has 4 heteroatoms. The van der Waals surface area contributed by atoms with Gasteiger partial charge in [-0.3, -0.25) is 0 Å². The molecule has 1 unspecified atom stereocenters. The smallest absolute Gasteiger partial charge is 0.149 e. The molecule has 0 amide bonds. The van der Waals surface area contributed by atoms with Crippen LogP contribution in [0.1, 0.15) is 18.2 Å². The first-order valence-corrected chi connectivity index (χ1v) is 5.63. The lowest BCUT2D eigenvalue weighted by molar-refractivity contribution is 0.606. The lowest BCUT2D eigenvalue weighted by Gasteiger charge is -2.08. The van der Waals surface area contributed by atoms with Gasteiger partial charge in [-0.2, -0.15) is 5.10 Å². The molecule has 17 heavy (non-hydrogen) atoms. The van der Waals surface area contributed by atoms with Gasteiger partial charge in [-0.1, -0.05) is 6.07 Å². The third-order valence-electron chi connectivity index (χ3n) is 2.54. The topological polar surface area (TPSA) is 43.8 Å². The van der Waals surface area contributed by atoms with Gasteiger partial charge >= 0.3 is 0 Å². The van der Waals surface area contributed by atoms with Crippen LogP contribution >= 0.6 is 0 Å². The highest BCUT2D eigenvalue weighted by atomic mass is 19.1.